The van der Waals surface area contributed by atoms with E-state index in [1.165, 1.54) is 13.2 Å². The average Bonchev–Trinajstić information content (AvgIpc) is 3.04. The molecule has 0 saturated heterocycles. The maximum Gasteiger partial charge on any atom is 0.411 e. The topological polar surface area (TPSA) is 101 Å². The SMILES string of the molecule is COC(=O)Nc1ccc2c(c1)NC(=O)[C@H](C)CCC[C@H](N1CCC(c3cc(Cl)c(F)cc3Br)=CC1=O)c1cc-2c2c(n1)CCCC2. The molecule has 3 heterocycles. The number of hydrogen-bond donors (Lipinski definition) is 2. The Morgan fingerprint density at radius 1 is 1.07 bits per heavy atom. The van der Waals surface area contributed by atoms with Gasteiger partial charge in [0.1, 0.15) is 5.82 Å². The first kappa shape index (κ1) is 32.2. The first-order valence-electron chi connectivity index (χ1n) is 15.6. The number of rotatable bonds is 3. The molecule has 2 aliphatic heterocycles. The van der Waals surface area contributed by atoms with Crippen molar-refractivity contribution in [3.05, 3.63) is 80.3 Å². The molecule has 2 N–H and O–H groups in total. The molecule has 2 bridgehead atoms. The third kappa shape index (κ3) is 6.55. The average molecular weight is 710 g/mol. The van der Waals surface area contributed by atoms with Crippen LogP contribution in [0, 0.1) is 11.7 Å². The van der Waals surface area contributed by atoms with Crippen molar-refractivity contribution in [2.75, 3.05) is 24.3 Å². The second-order valence-corrected chi connectivity index (χ2v) is 13.4. The van der Waals surface area contributed by atoms with Crippen LogP contribution in [0.3, 0.4) is 0 Å². The van der Waals surface area contributed by atoms with Crippen molar-refractivity contribution < 1.29 is 23.5 Å². The summed E-state index contributed by atoms with van der Waals surface area (Å²) in [6.45, 7) is 2.36. The fourth-order valence-corrected chi connectivity index (χ4v) is 7.41. The summed E-state index contributed by atoms with van der Waals surface area (Å²) in [4.78, 5) is 46.3. The summed E-state index contributed by atoms with van der Waals surface area (Å²) in [6.07, 6.45) is 7.33. The second kappa shape index (κ2) is 13.5. The van der Waals surface area contributed by atoms with E-state index in [1.807, 2.05) is 17.9 Å². The van der Waals surface area contributed by atoms with E-state index in [9.17, 15) is 18.8 Å². The zero-order valence-corrected chi connectivity index (χ0v) is 28.1. The van der Waals surface area contributed by atoms with Crippen LogP contribution >= 0.6 is 27.5 Å². The summed E-state index contributed by atoms with van der Waals surface area (Å²) in [7, 11) is 1.30. The highest BCUT2D eigenvalue weighted by Crippen LogP contribution is 2.41. The molecule has 3 aromatic rings. The van der Waals surface area contributed by atoms with Gasteiger partial charge in [-0.25, -0.2) is 9.18 Å². The van der Waals surface area contributed by atoms with Crippen molar-refractivity contribution in [3.63, 3.8) is 0 Å². The second-order valence-electron chi connectivity index (χ2n) is 12.1. The number of fused-ring (bicyclic) bond motifs is 6. The smallest absolute Gasteiger partial charge is 0.411 e. The van der Waals surface area contributed by atoms with Crippen LogP contribution < -0.4 is 10.6 Å². The number of methoxy groups -OCH3 is 1. The number of aryl methyl sites for hydroxylation is 1. The fourth-order valence-electron chi connectivity index (χ4n) is 6.68. The monoisotopic (exact) mass is 708 g/mol. The van der Waals surface area contributed by atoms with Gasteiger partial charge in [0.2, 0.25) is 11.8 Å². The maximum atomic E-state index is 14.0. The molecule has 11 heteroatoms. The minimum Gasteiger partial charge on any atom is -0.453 e. The molecule has 2 atom stereocenters. The Hall–Kier alpha value is -3.76. The highest BCUT2D eigenvalue weighted by molar-refractivity contribution is 9.10. The number of nitrogens with one attached hydrogen (secondary N) is 2. The third-order valence-corrected chi connectivity index (χ3v) is 10.1. The van der Waals surface area contributed by atoms with Crippen molar-refractivity contribution in [1.82, 2.24) is 9.88 Å². The number of carbonyl (C=O) groups is 3. The van der Waals surface area contributed by atoms with E-state index in [4.69, 9.17) is 21.3 Å². The predicted octanol–water partition coefficient (Wildman–Crippen LogP) is 8.48. The summed E-state index contributed by atoms with van der Waals surface area (Å²) in [6, 6.07) is 10.1. The summed E-state index contributed by atoms with van der Waals surface area (Å²) in [5.41, 5.74) is 7.39. The zero-order chi connectivity index (χ0) is 32.5. The van der Waals surface area contributed by atoms with Crippen molar-refractivity contribution in [3.8, 4) is 11.1 Å². The van der Waals surface area contributed by atoms with Gasteiger partial charge in [-0.1, -0.05) is 46.9 Å². The molecule has 0 saturated carbocycles. The van der Waals surface area contributed by atoms with E-state index in [0.717, 1.165) is 59.3 Å². The van der Waals surface area contributed by atoms with Crippen molar-refractivity contribution in [2.45, 2.75) is 64.3 Å². The molecule has 1 aliphatic carbocycles. The first-order valence-corrected chi connectivity index (χ1v) is 16.8. The van der Waals surface area contributed by atoms with Gasteiger partial charge in [-0.05, 0) is 97.5 Å². The summed E-state index contributed by atoms with van der Waals surface area (Å²) in [5, 5.41) is 5.83. The summed E-state index contributed by atoms with van der Waals surface area (Å²) < 4.78 is 19.4. The molecule has 0 fully saturated rings. The number of hydrogen-bond acceptors (Lipinski definition) is 5. The molecule has 46 heavy (non-hydrogen) atoms. The van der Waals surface area contributed by atoms with Gasteiger partial charge >= 0.3 is 6.09 Å². The Bertz CT molecular complexity index is 1760. The van der Waals surface area contributed by atoms with Gasteiger partial charge in [-0.2, -0.15) is 0 Å². The van der Waals surface area contributed by atoms with Crippen LogP contribution in [-0.4, -0.2) is 41.4 Å². The van der Waals surface area contributed by atoms with E-state index in [-0.39, 0.29) is 28.8 Å². The van der Waals surface area contributed by atoms with Crippen LogP contribution in [0.1, 0.15) is 74.0 Å². The lowest BCUT2D eigenvalue weighted by atomic mass is 9.86. The Balaban J connectivity index is 1.44. The molecule has 6 rings (SSSR count). The zero-order valence-electron chi connectivity index (χ0n) is 25.7. The lowest BCUT2D eigenvalue weighted by Gasteiger charge is -2.35. The van der Waals surface area contributed by atoms with Crippen LogP contribution in [0.2, 0.25) is 5.02 Å². The summed E-state index contributed by atoms with van der Waals surface area (Å²) >= 11 is 9.52. The highest BCUT2D eigenvalue weighted by Gasteiger charge is 2.32. The number of halogens is 3. The van der Waals surface area contributed by atoms with Crippen LogP contribution in [0.25, 0.3) is 16.7 Å². The number of benzene rings is 2. The third-order valence-electron chi connectivity index (χ3n) is 9.16. The van der Waals surface area contributed by atoms with Crippen LogP contribution in [0.5, 0.6) is 0 Å². The number of aromatic nitrogens is 1. The van der Waals surface area contributed by atoms with Crippen molar-refractivity contribution in [1.29, 1.82) is 0 Å². The molecule has 1 aromatic heterocycles. The highest BCUT2D eigenvalue weighted by atomic mass is 79.9. The fraction of sp³-hybridized carbons (Fsp3) is 0.371. The van der Waals surface area contributed by atoms with Gasteiger partial charge in [0.15, 0.2) is 0 Å². The van der Waals surface area contributed by atoms with Crippen LogP contribution in [0.4, 0.5) is 20.6 Å². The Labute approximate surface area is 280 Å². The number of amides is 3. The molecule has 2 aromatic carbocycles. The molecule has 3 aliphatic rings. The quantitative estimate of drug-likeness (QED) is 0.266. The maximum absolute atomic E-state index is 14.0. The van der Waals surface area contributed by atoms with Crippen LogP contribution in [0.15, 0.2) is 46.9 Å². The summed E-state index contributed by atoms with van der Waals surface area (Å²) in [5.74, 6) is -1.06. The number of pyridine rings is 1. The van der Waals surface area contributed by atoms with Gasteiger partial charge in [0, 0.05) is 40.0 Å². The molecular formula is C35H35BrClFN4O4. The van der Waals surface area contributed by atoms with E-state index in [0.29, 0.717) is 53.6 Å². The standard InChI is InChI=1S/C35H35BrClFN4O4/c1-19-6-5-9-32(42-13-12-20(14-33(42)43)24-16-27(37)28(38)18-26(24)36)31-17-25(22-7-3-4-8-29(22)40-31)23-11-10-21(39-35(45)46-2)15-30(23)41-34(19)44/h10-11,14-19,32H,3-9,12-13H2,1-2H3,(H,39,45)(H,41,44)/t19-,32+/m1/s1. The van der Waals surface area contributed by atoms with E-state index in [2.05, 4.69) is 32.6 Å². The molecular weight excluding hydrogens is 675 g/mol. The number of anilines is 2. The van der Waals surface area contributed by atoms with Crippen molar-refractivity contribution >= 4 is 62.4 Å². The van der Waals surface area contributed by atoms with Gasteiger partial charge < -0.3 is 15.0 Å². The van der Waals surface area contributed by atoms with Crippen LogP contribution in [-0.2, 0) is 27.2 Å². The largest absolute Gasteiger partial charge is 0.453 e. The lowest BCUT2D eigenvalue weighted by molar-refractivity contribution is -0.129. The molecule has 0 unspecified atom stereocenters. The lowest BCUT2D eigenvalue weighted by Crippen LogP contribution is -2.38. The molecule has 240 valence electrons. The first-order chi connectivity index (χ1) is 22.1. The molecule has 3 amide bonds. The van der Waals surface area contributed by atoms with E-state index in [1.54, 1.807) is 24.3 Å². The Kier molecular flexibility index (Phi) is 9.47. The van der Waals surface area contributed by atoms with Crippen molar-refractivity contribution in [2.24, 2.45) is 5.92 Å². The van der Waals surface area contributed by atoms with E-state index < -0.39 is 11.9 Å². The number of carbonyl (C=O) groups excluding carboxylic acids is 3. The molecule has 0 radical (unpaired) electrons. The van der Waals surface area contributed by atoms with Gasteiger partial charge in [-0.3, -0.25) is 19.9 Å². The number of nitrogens with zero attached hydrogens (tertiary/aromatic N) is 2. The number of ether oxygens (including phenoxy) is 1. The van der Waals surface area contributed by atoms with Gasteiger partial charge in [0.25, 0.3) is 0 Å². The molecule has 8 nitrogen and oxygen atoms in total. The Morgan fingerprint density at radius 3 is 2.65 bits per heavy atom. The van der Waals surface area contributed by atoms with E-state index >= 15 is 0 Å². The molecule has 0 spiro atoms. The normalized spacial score (nSPS) is 19.9. The minimum atomic E-state index is -0.600. The minimum absolute atomic E-state index is 0.00530. The predicted molar refractivity (Wildman–Crippen MR) is 180 cm³/mol. The van der Waals surface area contributed by atoms with Gasteiger partial charge in [-0.15, -0.1) is 0 Å². The van der Waals surface area contributed by atoms with Gasteiger partial charge in [0.05, 0.1) is 29.6 Å². The Morgan fingerprint density at radius 2 is 1.87 bits per heavy atom.